The molecule has 100 valence electrons. The van der Waals surface area contributed by atoms with E-state index in [9.17, 15) is 0 Å². The molecule has 2 N–H and O–H groups in total. The van der Waals surface area contributed by atoms with Crippen LogP contribution in [0.3, 0.4) is 0 Å². The molecular weight excluding hydrogens is 328 g/mol. The minimum Gasteiger partial charge on any atom is -0.362 e. The van der Waals surface area contributed by atoms with Crippen LogP contribution in [-0.4, -0.2) is 22.2 Å². The quantitative estimate of drug-likeness (QED) is 0.628. The van der Waals surface area contributed by atoms with Gasteiger partial charge in [-0.25, -0.2) is 0 Å². The fraction of sp³-hybridized carbons (Fsp3) is 0.462. The van der Waals surface area contributed by atoms with Crippen LogP contribution < -0.4 is 10.6 Å². The summed E-state index contributed by atoms with van der Waals surface area (Å²) in [4.78, 5) is 0. The van der Waals surface area contributed by atoms with Crippen molar-refractivity contribution in [1.82, 2.24) is 5.32 Å². The molecule has 0 heterocycles. The van der Waals surface area contributed by atoms with Crippen LogP contribution in [0.15, 0.2) is 28.7 Å². The van der Waals surface area contributed by atoms with E-state index in [1.165, 1.54) is 0 Å². The van der Waals surface area contributed by atoms with Crippen molar-refractivity contribution in [2.45, 2.75) is 25.5 Å². The van der Waals surface area contributed by atoms with Crippen molar-refractivity contribution in [3.8, 4) is 0 Å². The van der Waals surface area contributed by atoms with E-state index in [0.29, 0.717) is 9.86 Å². The summed E-state index contributed by atoms with van der Waals surface area (Å²) in [5.41, 5.74) is 0.999. The number of hydrogen-bond acceptors (Lipinski definition) is 2. The summed E-state index contributed by atoms with van der Waals surface area (Å²) in [5.74, 6) is 1.05. The van der Waals surface area contributed by atoms with Crippen molar-refractivity contribution in [2.24, 2.45) is 0 Å². The van der Waals surface area contributed by atoms with Gasteiger partial charge in [-0.1, -0.05) is 36.7 Å². The monoisotopic (exact) mass is 346 g/mol. The molecule has 0 aliphatic heterocycles. The standard InChI is InChI=1S/C13H19BrN2S2/c1-13(2,3)18-9-8-15-12(17)16-11-6-4-10(14)5-7-11/h4-7H,8-9H2,1-3H3,(H2,15,16,17). The maximum Gasteiger partial charge on any atom is 0.170 e. The Morgan fingerprint density at radius 3 is 2.44 bits per heavy atom. The van der Waals surface area contributed by atoms with E-state index in [0.717, 1.165) is 22.5 Å². The minimum atomic E-state index is 0.308. The molecule has 0 aromatic heterocycles. The predicted molar refractivity (Wildman–Crippen MR) is 90.6 cm³/mol. The molecule has 18 heavy (non-hydrogen) atoms. The number of nitrogens with one attached hydrogen (secondary N) is 2. The second kappa shape index (κ2) is 7.36. The molecule has 0 bridgehead atoms. The van der Waals surface area contributed by atoms with Crippen molar-refractivity contribution in [1.29, 1.82) is 0 Å². The topological polar surface area (TPSA) is 24.1 Å². The molecule has 0 saturated carbocycles. The van der Waals surface area contributed by atoms with Crippen LogP contribution in [-0.2, 0) is 0 Å². The highest BCUT2D eigenvalue weighted by molar-refractivity contribution is 9.10. The fourth-order valence-electron chi connectivity index (χ4n) is 1.23. The Balaban J connectivity index is 2.24. The zero-order valence-corrected chi connectivity index (χ0v) is 14.1. The molecule has 0 saturated heterocycles. The van der Waals surface area contributed by atoms with Gasteiger partial charge in [0.1, 0.15) is 0 Å². The Morgan fingerprint density at radius 2 is 1.89 bits per heavy atom. The molecule has 0 spiro atoms. The van der Waals surface area contributed by atoms with Crippen molar-refractivity contribution in [3.63, 3.8) is 0 Å². The third kappa shape index (κ3) is 7.24. The molecule has 0 unspecified atom stereocenters. The molecule has 0 amide bonds. The number of anilines is 1. The van der Waals surface area contributed by atoms with Gasteiger partial charge in [0.05, 0.1) is 0 Å². The van der Waals surface area contributed by atoms with Crippen molar-refractivity contribution in [3.05, 3.63) is 28.7 Å². The fourth-order valence-corrected chi connectivity index (χ4v) is 2.53. The highest BCUT2D eigenvalue weighted by Crippen LogP contribution is 2.22. The minimum absolute atomic E-state index is 0.308. The van der Waals surface area contributed by atoms with Gasteiger partial charge in [-0.15, -0.1) is 0 Å². The lowest BCUT2D eigenvalue weighted by atomic mass is 10.3. The first-order valence-electron chi connectivity index (χ1n) is 5.81. The first-order valence-corrected chi connectivity index (χ1v) is 8.00. The largest absolute Gasteiger partial charge is 0.362 e. The first kappa shape index (κ1) is 15.8. The Bertz CT molecular complexity index is 385. The summed E-state index contributed by atoms with van der Waals surface area (Å²) in [6.45, 7) is 7.53. The third-order valence-corrected chi connectivity index (χ3v) is 4.07. The Kier molecular flexibility index (Phi) is 6.46. The van der Waals surface area contributed by atoms with Crippen molar-refractivity contribution >= 4 is 50.7 Å². The average Bonchev–Trinajstić information content (AvgIpc) is 2.26. The lowest BCUT2D eigenvalue weighted by Gasteiger charge is -2.18. The first-order chi connectivity index (χ1) is 8.37. The van der Waals surface area contributed by atoms with Crippen LogP contribution in [0.2, 0.25) is 0 Å². The maximum atomic E-state index is 5.23. The Hall–Kier alpha value is -0.260. The normalized spacial score (nSPS) is 11.1. The van der Waals surface area contributed by atoms with Crippen LogP contribution >= 0.6 is 39.9 Å². The van der Waals surface area contributed by atoms with E-state index < -0.39 is 0 Å². The summed E-state index contributed by atoms with van der Waals surface area (Å²) in [6, 6.07) is 7.95. The van der Waals surface area contributed by atoms with Gasteiger partial charge >= 0.3 is 0 Å². The number of halogens is 1. The average molecular weight is 347 g/mol. The van der Waals surface area contributed by atoms with Gasteiger partial charge in [-0.05, 0) is 36.5 Å². The number of hydrogen-bond donors (Lipinski definition) is 2. The third-order valence-electron chi connectivity index (χ3n) is 2.02. The van der Waals surface area contributed by atoms with E-state index in [-0.39, 0.29) is 0 Å². The number of benzene rings is 1. The van der Waals surface area contributed by atoms with Crippen molar-refractivity contribution in [2.75, 3.05) is 17.6 Å². The van der Waals surface area contributed by atoms with Gasteiger partial charge in [0, 0.05) is 27.2 Å². The number of thiocarbonyl (C=S) groups is 1. The van der Waals surface area contributed by atoms with Gasteiger partial charge in [0.2, 0.25) is 0 Å². The van der Waals surface area contributed by atoms with Crippen LogP contribution in [0.4, 0.5) is 5.69 Å². The van der Waals surface area contributed by atoms with E-state index in [1.54, 1.807) is 0 Å². The lowest BCUT2D eigenvalue weighted by Crippen LogP contribution is -2.30. The van der Waals surface area contributed by atoms with Gasteiger partial charge in [0.25, 0.3) is 0 Å². The highest BCUT2D eigenvalue weighted by Gasteiger charge is 2.09. The molecule has 0 fully saturated rings. The molecule has 0 atom stereocenters. The summed E-state index contributed by atoms with van der Waals surface area (Å²) < 4.78 is 1.37. The van der Waals surface area contributed by atoms with E-state index in [2.05, 4.69) is 47.3 Å². The van der Waals surface area contributed by atoms with Crippen molar-refractivity contribution < 1.29 is 0 Å². The predicted octanol–water partition coefficient (Wildman–Crippen LogP) is 4.27. The smallest absolute Gasteiger partial charge is 0.170 e. The van der Waals surface area contributed by atoms with Gasteiger partial charge < -0.3 is 10.6 Å². The number of rotatable bonds is 4. The molecular formula is C13H19BrN2S2. The lowest BCUT2D eigenvalue weighted by molar-refractivity contribution is 0.800. The summed E-state index contributed by atoms with van der Waals surface area (Å²) >= 11 is 10.6. The van der Waals surface area contributed by atoms with Crippen LogP contribution in [0.5, 0.6) is 0 Å². The van der Waals surface area contributed by atoms with Gasteiger partial charge in [-0.3, -0.25) is 0 Å². The summed E-state index contributed by atoms with van der Waals surface area (Å²) in [6.07, 6.45) is 0. The SMILES string of the molecule is CC(C)(C)SCCNC(=S)Nc1ccc(Br)cc1. The second-order valence-corrected chi connectivity index (χ2v) is 8.09. The van der Waals surface area contributed by atoms with Crippen LogP contribution in [0, 0.1) is 0 Å². The molecule has 0 radical (unpaired) electrons. The summed E-state index contributed by atoms with van der Waals surface area (Å²) in [5, 5.41) is 7.04. The molecule has 0 aliphatic rings. The summed E-state index contributed by atoms with van der Waals surface area (Å²) in [7, 11) is 0. The van der Waals surface area contributed by atoms with E-state index in [4.69, 9.17) is 12.2 Å². The van der Waals surface area contributed by atoms with Crippen LogP contribution in [0.25, 0.3) is 0 Å². The van der Waals surface area contributed by atoms with E-state index in [1.807, 2.05) is 36.0 Å². The second-order valence-electron chi connectivity index (χ2n) is 4.85. The van der Waals surface area contributed by atoms with E-state index >= 15 is 0 Å². The van der Waals surface area contributed by atoms with Gasteiger partial charge in [-0.2, -0.15) is 11.8 Å². The zero-order valence-electron chi connectivity index (χ0n) is 10.9. The highest BCUT2D eigenvalue weighted by atomic mass is 79.9. The molecule has 1 rings (SSSR count). The molecule has 1 aromatic carbocycles. The number of thioether (sulfide) groups is 1. The maximum absolute atomic E-state index is 5.23. The zero-order chi connectivity index (χ0) is 13.6. The Labute approximate surface area is 127 Å². The molecule has 5 heteroatoms. The molecule has 2 nitrogen and oxygen atoms in total. The van der Waals surface area contributed by atoms with Crippen LogP contribution in [0.1, 0.15) is 20.8 Å². The molecule has 1 aromatic rings. The molecule has 0 aliphatic carbocycles. The van der Waals surface area contributed by atoms with Gasteiger partial charge in [0.15, 0.2) is 5.11 Å². The Morgan fingerprint density at radius 1 is 1.28 bits per heavy atom.